The van der Waals surface area contributed by atoms with E-state index in [1.165, 1.54) is 13.8 Å². The molecular weight excluding hydrogens is 410 g/mol. The fraction of sp³-hybridized carbons (Fsp3) is 0.895. The Kier molecular flexibility index (Phi) is 9.55. The molecule has 2 rings (SSSR count). The largest absolute Gasteiger partial charge is 0.449 e. The molecule has 0 amide bonds. The Morgan fingerprint density at radius 1 is 1.00 bits per heavy atom. The van der Waals surface area contributed by atoms with Crippen molar-refractivity contribution in [3.8, 4) is 0 Å². The molecule has 2 fully saturated rings. The maximum absolute atomic E-state index is 13.4. The number of carbonyl (C=O) groups excluding carboxylic acids is 2. The van der Waals surface area contributed by atoms with Gasteiger partial charge in [-0.25, -0.2) is 8.78 Å². The van der Waals surface area contributed by atoms with Crippen LogP contribution in [0.25, 0.3) is 0 Å². The van der Waals surface area contributed by atoms with E-state index in [-0.39, 0.29) is 12.0 Å². The van der Waals surface area contributed by atoms with Crippen LogP contribution in [0, 0.1) is 5.92 Å². The normalized spacial score (nSPS) is 40.5. The van der Waals surface area contributed by atoms with E-state index in [1.54, 1.807) is 13.8 Å². The highest BCUT2D eigenvalue weighted by atomic mass is 19.1. The van der Waals surface area contributed by atoms with Crippen LogP contribution in [0.4, 0.5) is 8.78 Å². The lowest BCUT2D eigenvalue weighted by atomic mass is 9.86. The van der Waals surface area contributed by atoms with Gasteiger partial charge in [-0.05, 0) is 12.8 Å². The molecule has 2 aliphatic heterocycles. The van der Waals surface area contributed by atoms with Crippen molar-refractivity contribution in [3.05, 3.63) is 0 Å². The third-order valence-electron chi connectivity index (χ3n) is 5.46. The Hall–Kier alpha value is -1.40. The molecule has 0 bridgehead atoms. The topological polar surface area (TPSA) is 132 Å². The van der Waals surface area contributed by atoms with Gasteiger partial charge in [0, 0.05) is 19.8 Å². The summed E-state index contributed by atoms with van der Waals surface area (Å²) in [6.07, 6.45) is -4.17. The maximum Gasteiger partial charge on any atom is 0.305 e. The van der Waals surface area contributed by atoms with Crippen LogP contribution in [0.2, 0.25) is 0 Å². The molecule has 2 saturated heterocycles. The van der Waals surface area contributed by atoms with E-state index in [4.69, 9.17) is 24.1 Å². The first-order valence-electron chi connectivity index (χ1n) is 9.81. The molecule has 4 unspecified atom stereocenters. The Morgan fingerprint density at radius 2 is 1.57 bits per heavy atom. The predicted octanol–water partition coefficient (Wildman–Crippen LogP) is 0.767. The van der Waals surface area contributed by atoms with Crippen LogP contribution in [-0.4, -0.2) is 82.7 Å². The molecule has 0 saturated carbocycles. The Bertz CT molecular complexity index is 592. The molecule has 11 heteroatoms. The standard InChI is InChI=1S/C12H19FO5.C7H13FO4/c1-5-10-7(2)12(6-13,18-9(4)15)11(17-10)16-8(3)14;1-2-4-5(9)7(11,3-8)6(10)12-4/h7,10-11H,5-6H2,1-4H3;4-6,9-11H,2-3H2,1H3/t7?,10-,11?,12-;4-,5?,6?,7-/m11/s1. The molecule has 176 valence electrons. The maximum atomic E-state index is 13.4. The molecule has 0 aromatic heterocycles. The summed E-state index contributed by atoms with van der Waals surface area (Å²) in [5.41, 5.74) is -3.70. The zero-order valence-corrected chi connectivity index (χ0v) is 17.8. The van der Waals surface area contributed by atoms with Crippen LogP contribution in [0.5, 0.6) is 0 Å². The first kappa shape index (κ1) is 26.6. The summed E-state index contributed by atoms with van der Waals surface area (Å²) in [5.74, 6) is -1.62. The van der Waals surface area contributed by atoms with Gasteiger partial charge in [0.2, 0.25) is 11.9 Å². The number of hydrogen-bond donors (Lipinski definition) is 3. The van der Waals surface area contributed by atoms with Crippen molar-refractivity contribution in [1.82, 2.24) is 0 Å². The van der Waals surface area contributed by atoms with Gasteiger partial charge in [0.25, 0.3) is 0 Å². The zero-order valence-electron chi connectivity index (χ0n) is 17.8. The number of carbonyl (C=O) groups is 2. The number of hydrogen-bond acceptors (Lipinski definition) is 9. The Labute approximate surface area is 174 Å². The van der Waals surface area contributed by atoms with Crippen LogP contribution in [0.3, 0.4) is 0 Å². The molecule has 0 spiro atoms. The molecule has 9 nitrogen and oxygen atoms in total. The van der Waals surface area contributed by atoms with Crippen LogP contribution in [-0.2, 0) is 28.5 Å². The second-order valence-corrected chi connectivity index (χ2v) is 7.50. The smallest absolute Gasteiger partial charge is 0.305 e. The van der Waals surface area contributed by atoms with Gasteiger partial charge < -0.3 is 34.3 Å². The van der Waals surface area contributed by atoms with Crippen molar-refractivity contribution in [1.29, 1.82) is 0 Å². The molecule has 3 N–H and O–H groups in total. The fourth-order valence-electron chi connectivity index (χ4n) is 3.56. The molecule has 0 aromatic rings. The average Bonchev–Trinajstić information content (AvgIpc) is 3.07. The van der Waals surface area contributed by atoms with E-state index in [0.717, 1.165) is 0 Å². The quantitative estimate of drug-likeness (QED) is 0.510. The first-order valence-corrected chi connectivity index (χ1v) is 9.81. The number of halogens is 2. The van der Waals surface area contributed by atoms with Crippen molar-refractivity contribution in [2.75, 3.05) is 13.3 Å². The number of aliphatic hydroxyl groups is 3. The summed E-state index contributed by atoms with van der Waals surface area (Å²) in [6.45, 7) is 5.52. The highest BCUT2D eigenvalue weighted by molar-refractivity contribution is 5.68. The number of ether oxygens (including phenoxy) is 4. The lowest BCUT2D eigenvalue weighted by molar-refractivity contribution is -0.222. The minimum absolute atomic E-state index is 0.315. The zero-order chi connectivity index (χ0) is 23.3. The fourth-order valence-corrected chi connectivity index (χ4v) is 3.56. The molecule has 0 aliphatic carbocycles. The Morgan fingerprint density at radius 3 is 1.90 bits per heavy atom. The lowest BCUT2D eigenvalue weighted by Gasteiger charge is -2.32. The minimum Gasteiger partial charge on any atom is -0.449 e. The van der Waals surface area contributed by atoms with Gasteiger partial charge in [0.05, 0.1) is 12.2 Å². The van der Waals surface area contributed by atoms with E-state index in [1.807, 2.05) is 6.92 Å². The monoisotopic (exact) mass is 442 g/mol. The van der Waals surface area contributed by atoms with Crippen LogP contribution >= 0.6 is 0 Å². The first-order chi connectivity index (χ1) is 13.9. The number of alkyl halides is 2. The van der Waals surface area contributed by atoms with E-state index in [0.29, 0.717) is 12.8 Å². The molecular formula is C19H32F2O9. The van der Waals surface area contributed by atoms with Crippen molar-refractivity contribution in [2.45, 2.75) is 89.6 Å². The third-order valence-corrected chi connectivity index (χ3v) is 5.46. The molecule has 2 aliphatic rings. The number of aliphatic hydroxyl groups excluding tert-OH is 2. The van der Waals surface area contributed by atoms with Crippen molar-refractivity contribution >= 4 is 11.9 Å². The van der Waals surface area contributed by atoms with Crippen molar-refractivity contribution < 1.29 is 52.6 Å². The van der Waals surface area contributed by atoms with Gasteiger partial charge in [-0.2, -0.15) is 0 Å². The highest BCUT2D eigenvalue weighted by Gasteiger charge is 2.59. The van der Waals surface area contributed by atoms with Gasteiger partial charge in [-0.1, -0.05) is 20.8 Å². The SMILES string of the molecule is CC[C@H]1OC(O)[C@@](O)(CF)C1O.CC[C@H]1OC(OC(C)=O)[C@](CF)(OC(C)=O)C1C. The predicted molar refractivity (Wildman–Crippen MR) is 98.5 cm³/mol. The van der Waals surface area contributed by atoms with Gasteiger partial charge in [0.15, 0.2) is 11.9 Å². The molecule has 8 atom stereocenters. The second kappa shape index (κ2) is 10.8. The second-order valence-electron chi connectivity index (χ2n) is 7.50. The molecule has 30 heavy (non-hydrogen) atoms. The van der Waals surface area contributed by atoms with E-state index in [9.17, 15) is 28.6 Å². The van der Waals surface area contributed by atoms with Gasteiger partial charge >= 0.3 is 11.9 Å². The van der Waals surface area contributed by atoms with Gasteiger partial charge in [0.1, 0.15) is 19.5 Å². The van der Waals surface area contributed by atoms with Crippen molar-refractivity contribution in [3.63, 3.8) is 0 Å². The summed E-state index contributed by atoms with van der Waals surface area (Å²) >= 11 is 0. The summed E-state index contributed by atoms with van der Waals surface area (Å²) in [7, 11) is 0. The summed E-state index contributed by atoms with van der Waals surface area (Å²) in [5, 5.41) is 27.7. The molecule has 0 radical (unpaired) electrons. The minimum atomic E-state index is -2.15. The molecule has 2 heterocycles. The van der Waals surface area contributed by atoms with Crippen LogP contribution in [0.1, 0.15) is 47.5 Å². The third kappa shape index (κ3) is 5.25. The summed E-state index contributed by atoms with van der Waals surface area (Å²) < 4.78 is 45.9. The molecule has 0 aromatic carbocycles. The van der Waals surface area contributed by atoms with E-state index < -0.39 is 61.3 Å². The van der Waals surface area contributed by atoms with Crippen LogP contribution in [0.15, 0.2) is 0 Å². The van der Waals surface area contributed by atoms with Crippen LogP contribution < -0.4 is 0 Å². The van der Waals surface area contributed by atoms with Gasteiger partial charge in [-0.15, -0.1) is 0 Å². The Balaban J connectivity index is 0.000000325. The van der Waals surface area contributed by atoms with Crippen molar-refractivity contribution in [2.24, 2.45) is 5.92 Å². The summed E-state index contributed by atoms with van der Waals surface area (Å²) in [6, 6.07) is 0. The van der Waals surface area contributed by atoms with E-state index in [2.05, 4.69) is 0 Å². The average molecular weight is 442 g/mol. The highest BCUT2D eigenvalue weighted by Crippen LogP contribution is 2.41. The van der Waals surface area contributed by atoms with E-state index >= 15 is 0 Å². The summed E-state index contributed by atoms with van der Waals surface area (Å²) in [4.78, 5) is 22.2. The number of esters is 2. The lowest BCUT2D eigenvalue weighted by Crippen LogP contribution is -2.51. The number of rotatable bonds is 6. The van der Waals surface area contributed by atoms with Gasteiger partial charge in [-0.3, -0.25) is 9.59 Å².